The zero-order valence-corrected chi connectivity index (χ0v) is 16.1. The molecule has 30 heavy (non-hydrogen) atoms. The molecule has 0 atom stereocenters. The van der Waals surface area contributed by atoms with E-state index in [0.717, 1.165) is 32.4 Å². The number of anilines is 3. The van der Waals surface area contributed by atoms with Crippen LogP contribution in [0.15, 0.2) is 28.4 Å². The summed E-state index contributed by atoms with van der Waals surface area (Å²) >= 11 is 0. The van der Waals surface area contributed by atoms with E-state index in [4.69, 9.17) is 11.0 Å². The average molecular weight is 420 g/mol. The highest BCUT2D eigenvalue weighted by Crippen LogP contribution is 2.34. The summed E-state index contributed by atoms with van der Waals surface area (Å²) in [6.07, 6.45) is -2.00. The van der Waals surface area contributed by atoms with Crippen LogP contribution in [0.5, 0.6) is 0 Å². The Morgan fingerprint density at radius 1 is 1.27 bits per heavy atom. The minimum atomic E-state index is -5.05. The van der Waals surface area contributed by atoms with Crippen LogP contribution in [0.25, 0.3) is 0 Å². The molecule has 0 aliphatic carbocycles. The van der Waals surface area contributed by atoms with Gasteiger partial charge in [0.2, 0.25) is 0 Å². The summed E-state index contributed by atoms with van der Waals surface area (Å²) in [6, 6.07) is 6.48. The van der Waals surface area contributed by atoms with Crippen molar-refractivity contribution in [2.24, 2.45) is 17.3 Å². The summed E-state index contributed by atoms with van der Waals surface area (Å²) in [5.41, 5.74) is 6.26. The Morgan fingerprint density at radius 2 is 1.97 bits per heavy atom. The Balaban J connectivity index is 1.96. The van der Waals surface area contributed by atoms with Crippen LogP contribution in [0, 0.1) is 11.3 Å². The van der Waals surface area contributed by atoms with Crippen LogP contribution < -0.4 is 16.0 Å². The third-order valence-corrected chi connectivity index (χ3v) is 4.66. The Hall–Kier alpha value is -3.62. The van der Waals surface area contributed by atoms with Crippen molar-refractivity contribution >= 4 is 34.7 Å². The summed E-state index contributed by atoms with van der Waals surface area (Å²) in [7, 11) is 1.50. The fourth-order valence-electron chi connectivity index (χ4n) is 3.08. The zero-order chi connectivity index (χ0) is 21.9. The second-order valence-corrected chi connectivity index (χ2v) is 6.72. The summed E-state index contributed by atoms with van der Waals surface area (Å²) < 4.78 is 39.6. The lowest BCUT2D eigenvalue weighted by Crippen LogP contribution is -2.31. The normalized spacial score (nSPS) is 14.7. The Morgan fingerprint density at radius 3 is 2.57 bits per heavy atom. The van der Waals surface area contributed by atoms with E-state index in [-0.39, 0.29) is 28.8 Å². The van der Waals surface area contributed by atoms with Crippen molar-refractivity contribution in [1.82, 2.24) is 9.55 Å². The number of hydrogen-bond acceptors (Lipinski definition) is 7. The molecule has 1 aromatic carbocycles. The van der Waals surface area contributed by atoms with Crippen LogP contribution in [0.3, 0.4) is 0 Å². The average Bonchev–Trinajstić information content (AvgIpc) is 2.99. The lowest BCUT2D eigenvalue weighted by Gasteiger charge is -2.29. The van der Waals surface area contributed by atoms with Gasteiger partial charge in [0, 0.05) is 25.8 Å². The number of piperidine rings is 1. The SMILES string of the molecule is Cn1c(N=Nc2ccc(N3CCCCC3)cc2NC(=O)C(F)(F)F)nc(N)c1C#N. The largest absolute Gasteiger partial charge is 0.471 e. The first-order valence-corrected chi connectivity index (χ1v) is 9.12. The fourth-order valence-corrected chi connectivity index (χ4v) is 3.08. The molecule has 1 saturated heterocycles. The van der Waals surface area contributed by atoms with E-state index in [2.05, 4.69) is 15.2 Å². The molecule has 3 N–H and O–H groups in total. The topological polar surface area (TPSA) is 125 Å². The summed E-state index contributed by atoms with van der Waals surface area (Å²) in [5, 5.41) is 18.7. The fraction of sp³-hybridized carbons (Fsp3) is 0.389. The Bertz CT molecular complexity index is 1020. The third-order valence-electron chi connectivity index (χ3n) is 4.66. The van der Waals surface area contributed by atoms with Gasteiger partial charge in [0.15, 0.2) is 11.5 Å². The molecule has 158 valence electrons. The lowest BCUT2D eigenvalue weighted by molar-refractivity contribution is -0.167. The van der Waals surface area contributed by atoms with E-state index < -0.39 is 12.1 Å². The molecule has 1 aliphatic heterocycles. The van der Waals surface area contributed by atoms with Crippen molar-refractivity contribution in [3.63, 3.8) is 0 Å². The van der Waals surface area contributed by atoms with Crippen LogP contribution in [-0.2, 0) is 11.8 Å². The molecule has 0 spiro atoms. The Labute approximate surface area is 170 Å². The van der Waals surface area contributed by atoms with Gasteiger partial charge in [-0.1, -0.05) is 0 Å². The number of amides is 1. The van der Waals surface area contributed by atoms with E-state index in [1.54, 1.807) is 6.07 Å². The molecule has 1 fully saturated rings. The maximum absolute atomic E-state index is 12.8. The third kappa shape index (κ3) is 4.51. The molecule has 1 amide bonds. The maximum atomic E-state index is 12.8. The lowest BCUT2D eigenvalue weighted by atomic mass is 10.1. The van der Waals surface area contributed by atoms with Gasteiger partial charge in [-0.3, -0.25) is 4.79 Å². The van der Waals surface area contributed by atoms with Gasteiger partial charge < -0.3 is 20.5 Å². The van der Waals surface area contributed by atoms with E-state index in [1.807, 2.05) is 16.3 Å². The number of rotatable bonds is 4. The molecule has 3 rings (SSSR count). The monoisotopic (exact) mass is 420 g/mol. The number of carbonyl (C=O) groups is 1. The van der Waals surface area contributed by atoms with Gasteiger partial charge in [-0.25, -0.2) is 0 Å². The molecule has 9 nitrogen and oxygen atoms in total. The molecule has 2 aromatic rings. The van der Waals surface area contributed by atoms with Gasteiger partial charge in [0.05, 0.1) is 5.69 Å². The number of nitrogens with two attached hydrogens (primary N) is 1. The number of imidazole rings is 1. The Kier molecular flexibility index (Phi) is 5.91. The van der Waals surface area contributed by atoms with Gasteiger partial charge in [0.25, 0.3) is 5.95 Å². The molecule has 12 heteroatoms. The second-order valence-electron chi connectivity index (χ2n) is 6.72. The number of aromatic nitrogens is 2. The van der Waals surface area contributed by atoms with Crippen LogP contribution in [0.4, 0.5) is 42.0 Å². The van der Waals surface area contributed by atoms with E-state index in [0.29, 0.717) is 5.69 Å². The number of halogens is 3. The first-order chi connectivity index (χ1) is 14.2. The van der Waals surface area contributed by atoms with E-state index >= 15 is 0 Å². The van der Waals surface area contributed by atoms with Gasteiger partial charge in [-0.15, -0.1) is 10.2 Å². The van der Waals surface area contributed by atoms with Crippen molar-refractivity contribution < 1.29 is 18.0 Å². The minimum absolute atomic E-state index is 0.00254. The zero-order valence-electron chi connectivity index (χ0n) is 16.1. The molecule has 0 saturated carbocycles. The number of nitriles is 1. The van der Waals surface area contributed by atoms with E-state index in [1.165, 1.54) is 23.7 Å². The van der Waals surface area contributed by atoms with Crippen molar-refractivity contribution in [1.29, 1.82) is 5.26 Å². The van der Waals surface area contributed by atoms with Crippen LogP contribution in [0.1, 0.15) is 25.0 Å². The quantitative estimate of drug-likeness (QED) is 0.728. The number of nitrogens with zero attached hydrogens (tertiary/aromatic N) is 6. The number of benzene rings is 1. The number of nitrogens with one attached hydrogen (secondary N) is 1. The number of carbonyl (C=O) groups excluding carboxylic acids is 1. The van der Waals surface area contributed by atoms with Crippen LogP contribution in [-0.4, -0.2) is 34.7 Å². The first-order valence-electron chi connectivity index (χ1n) is 9.12. The molecule has 0 bridgehead atoms. The van der Waals surface area contributed by atoms with Gasteiger partial charge in [-0.2, -0.15) is 23.4 Å². The van der Waals surface area contributed by atoms with Crippen molar-refractivity contribution in [3.05, 3.63) is 23.9 Å². The van der Waals surface area contributed by atoms with Gasteiger partial charge in [0.1, 0.15) is 11.8 Å². The number of alkyl halides is 3. The maximum Gasteiger partial charge on any atom is 0.471 e. The predicted octanol–water partition coefficient (Wildman–Crippen LogP) is 3.78. The predicted molar refractivity (Wildman–Crippen MR) is 104 cm³/mol. The summed E-state index contributed by atoms with van der Waals surface area (Å²) in [6.45, 7) is 1.55. The highest BCUT2D eigenvalue weighted by Gasteiger charge is 2.39. The van der Waals surface area contributed by atoms with Crippen molar-refractivity contribution in [2.75, 3.05) is 29.0 Å². The van der Waals surface area contributed by atoms with Gasteiger partial charge in [-0.05, 0) is 37.5 Å². The second kappa shape index (κ2) is 8.40. The van der Waals surface area contributed by atoms with Crippen molar-refractivity contribution in [2.45, 2.75) is 25.4 Å². The smallest absolute Gasteiger partial charge is 0.381 e. The van der Waals surface area contributed by atoms with Crippen molar-refractivity contribution in [3.8, 4) is 6.07 Å². The summed E-state index contributed by atoms with van der Waals surface area (Å²) in [4.78, 5) is 17.4. The summed E-state index contributed by atoms with van der Waals surface area (Å²) in [5.74, 6) is -2.15. The number of azo groups is 1. The van der Waals surface area contributed by atoms with Crippen LogP contribution in [0.2, 0.25) is 0 Å². The highest BCUT2D eigenvalue weighted by atomic mass is 19.4. The molecule has 0 radical (unpaired) electrons. The standard InChI is InChI=1S/C18H19F3N8O/c1-28-14(10-22)15(23)25-17(28)27-26-12-6-5-11(29-7-3-2-4-8-29)9-13(12)24-16(30)18(19,20)21/h5-6,9H,2-4,7-8,23H2,1H3,(H,24,30). The molecular weight excluding hydrogens is 401 g/mol. The van der Waals surface area contributed by atoms with Crippen LogP contribution >= 0.6 is 0 Å². The molecule has 1 aliphatic rings. The van der Waals surface area contributed by atoms with E-state index in [9.17, 15) is 18.0 Å². The highest BCUT2D eigenvalue weighted by molar-refractivity contribution is 5.97. The molecule has 1 aromatic heterocycles. The molecule has 0 unspecified atom stereocenters. The minimum Gasteiger partial charge on any atom is -0.381 e. The number of hydrogen-bond donors (Lipinski definition) is 2. The first kappa shape index (κ1) is 21.1. The van der Waals surface area contributed by atoms with Gasteiger partial charge >= 0.3 is 12.1 Å². The molecular formula is C18H19F3N8O. The molecule has 2 heterocycles. The number of nitrogen functional groups attached to an aromatic ring is 1.